The number of carbonyl (C=O) groups is 2. The molecule has 0 saturated carbocycles. The van der Waals surface area contributed by atoms with E-state index in [-0.39, 0.29) is 42.4 Å². The summed E-state index contributed by atoms with van der Waals surface area (Å²) in [6.45, 7) is 12.0. The molecule has 1 atom stereocenters. The van der Waals surface area contributed by atoms with Crippen molar-refractivity contribution in [2.45, 2.75) is 66.7 Å². The fourth-order valence-electron chi connectivity index (χ4n) is 5.86. The van der Waals surface area contributed by atoms with E-state index in [0.29, 0.717) is 30.2 Å². The zero-order chi connectivity index (χ0) is 40.5. The molecule has 5 aromatic rings. The highest BCUT2D eigenvalue weighted by molar-refractivity contribution is 5.78. The fourth-order valence-corrected chi connectivity index (χ4v) is 5.86. The van der Waals surface area contributed by atoms with Crippen LogP contribution in [0.2, 0.25) is 0 Å². The zero-order valence-corrected chi connectivity index (χ0v) is 32.8. The van der Waals surface area contributed by atoms with E-state index < -0.39 is 21.9 Å². The number of nitro groups is 1. The molecule has 0 aromatic heterocycles. The van der Waals surface area contributed by atoms with Crippen LogP contribution in [-0.2, 0) is 22.7 Å². The highest BCUT2D eigenvalue weighted by Crippen LogP contribution is 2.34. The summed E-state index contributed by atoms with van der Waals surface area (Å²) in [5.41, 5.74) is 2.53. The molecule has 0 unspecified atom stereocenters. The van der Waals surface area contributed by atoms with E-state index >= 15 is 0 Å². The summed E-state index contributed by atoms with van der Waals surface area (Å²) in [6.07, 6.45) is -1.08. The number of ether oxygens (including phenoxy) is 3. The van der Waals surface area contributed by atoms with E-state index in [1.807, 2.05) is 84.9 Å². The SMILES string of the molecule is CC(C)(C)C(=O)Oc1ccc(C(CN(Cc2ccccc2)C[C@H](O)c2ccc(OCc3ccccc3)c([N+](=O)[O-])c2)c2ccc(OC(=O)C(C)(C)C)cc2)cc1. The normalized spacial score (nSPS) is 12.3. The Labute approximate surface area is 328 Å². The Bertz CT molecular complexity index is 2000. The Morgan fingerprint density at radius 3 is 1.59 bits per heavy atom. The molecule has 292 valence electrons. The topological polar surface area (TPSA) is 128 Å². The number of rotatable bonds is 15. The lowest BCUT2D eigenvalue weighted by atomic mass is 9.90. The first-order valence-electron chi connectivity index (χ1n) is 18.6. The van der Waals surface area contributed by atoms with Gasteiger partial charge in [-0.3, -0.25) is 24.6 Å². The van der Waals surface area contributed by atoms with Gasteiger partial charge in [0.1, 0.15) is 18.1 Å². The van der Waals surface area contributed by atoms with Crippen LogP contribution in [0.1, 0.15) is 81.4 Å². The van der Waals surface area contributed by atoms with Crippen LogP contribution in [0, 0.1) is 20.9 Å². The highest BCUT2D eigenvalue weighted by atomic mass is 16.6. The number of nitro benzene ring substituents is 1. The fraction of sp³-hybridized carbons (Fsp3) is 0.304. The van der Waals surface area contributed by atoms with E-state index in [2.05, 4.69) is 4.90 Å². The number of aliphatic hydroxyl groups is 1. The molecule has 0 aliphatic carbocycles. The number of hydrogen-bond acceptors (Lipinski definition) is 9. The molecular weight excluding hydrogens is 709 g/mol. The Morgan fingerprint density at radius 1 is 0.661 bits per heavy atom. The van der Waals surface area contributed by atoms with Crippen molar-refractivity contribution >= 4 is 17.6 Å². The predicted molar refractivity (Wildman–Crippen MR) is 215 cm³/mol. The average molecular weight is 759 g/mol. The van der Waals surface area contributed by atoms with Crippen molar-refractivity contribution in [2.24, 2.45) is 10.8 Å². The molecule has 1 N–H and O–H groups in total. The minimum absolute atomic E-state index is 0.115. The lowest BCUT2D eigenvalue weighted by Crippen LogP contribution is -2.33. The van der Waals surface area contributed by atoms with Gasteiger partial charge >= 0.3 is 17.6 Å². The predicted octanol–water partition coefficient (Wildman–Crippen LogP) is 9.44. The number of hydrogen-bond donors (Lipinski definition) is 1. The molecule has 0 saturated heterocycles. The van der Waals surface area contributed by atoms with E-state index in [1.54, 1.807) is 71.9 Å². The maximum Gasteiger partial charge on any atom is 0.316 e. The van der Waals surface area contributed by atoms with Gasteiger partial charge < -0.3 is 19.3 Å². The molecular formula is C46H50N2O8. The van der Waals surface area contributed by atoms with E-state index in [1.165, 1.54) is 12.1 Å². The maximum atomic E-state index is 12.6. The van der Waals surface area contributed by atoms with Gasteiger partial charge in [0.25, 0.3) is 0 Å². The molecule has 10 nitrogen and oxygen atoms in total. The van der Waals surface area contributed by atoms with Crippen LogP contribution in [0.4, 0.5) is 5.69 Å². The molecule has 5 rings (SSSR count). The highest BCUT2D eigenvalue weighted by Gasteiger charge is 2.27. The number of esters is 2. The standard InChI is InChI=1S/C46H50N2O8/c1-45(2,3)43(50)55-37-22-17-34(18-23-37)39(35-19-24-38(25-20-35)56-44(51)46(4,5)6)29-47(28-32-13-9-7-10-14-32)30-41(49)36-21-26-42(40(27-36)48(52)53)54-31-33-15-11-8-12-16-33/h7-27,39,41,49H,28-31H2,1-6H3/t41-/m0/s1. The summed E-state index contributed by atoms with van der Waals surface area (Å²) in [5, 5.41) is 23.9. The van der Waals surface area contributed by atoms with Crippen LogP contribution in [-0.4, -0.2) is 40.0 Å². The first kappa shape index (κ1) is 41.3. The number of nitrogens with zero attached hydrogens (tertiary/aromatic N) is 2. The van der Waals surface area contributed by atoms with Gasteiger partial charge in [-0.05, 0) is 99.7 Å². The third-order valence-electron chi connectivity index (χ3n) is 9.13. The van der Waals surface area contributed by atoms with Crippen LogP contribution in [0.15, 0.2) is 127 Å². The second-order valence-electron chi connectivity index (χ2n) is 15.9. The second kappa shape index (κ2) is 18.2. The van der Waals surface area contributed by atoms with E-state index in [9.17, 15) is 24.8 Å². The molecule has 5 aromatic carbocycles. The summed E-state index contributed by atoms with van der Waals surface area (Å²) < 4.78 is 17.1. The van der Waals surface area contributed by atoms with Gasteiger partial charge in [0, 0.05) is 31.6 Å². The lowest BCUT2D eigenvalue weighted by molar-refractivity contribution is -0.386. The van der Waals surface area contributed by atoms with Crippen LogP contribution < -0.4 is 14.2 Å². The minimum Gasteiger partial charge on any atom is -0.482 e. The lowest BCUT2D eigenvalue weighted by Gasteiger charge is -2.30. The van der Waals surface area contributed by atoms with E-state index in [4.69, 9.17) is 14.2 Å². The molecule has 0 amide bonds. The maximum absolute atomic E-state index is 12.6. The Morgan fingerprint density at radius 2 is 1.12 bits per heavy atom. The molecule has 0 spiro atoms. The Kier molecular flexibility index (Phi) is 13.4. The summed E-state index contributed by atoms with van der Waals surface area (Å²) in [7, 11) is 0. The molecule has 0 aliphatic rings. The van der Waals surface area contributed by atoms with E-state index in [0.717, 1.165) is 22.3 Å². The third kappa shape index (κ3) is 11.6. The van der Waals surface area contributed by atoms with Gasteiger partial charge in [-0.25, -0.2) is 0 Å². The van der Waals surface area contributed by atoms with Gasteiger partial charge in [0.05, 0.1) is 21.9 Å². The van der Waals surface area contributed by atoms with Crippen molar-refractivity contribution in [1.29, 1.82) is 0 Å². The van der Waals surface area contributed by atoms with Gasteiger partial charge in [0.2, 0.25) is 0 Å². The summed E-state index contributed by atoms with van der Waals surface area (Å²) in [5.74, 6) is 0.0120. The van der Waals surface area contributed by atoms with Crippen LogP contribution in [0.25, 0.3) is 0 Å². The van der Waals surface area contributed by atoms with Crippen LogP contribution in [0.5, 0.6) is 17.2 Å². The van der Waals surface area contributed by atoms with Crippen LogP contribution in [0.3, 0.4) is 0 Å². The summed E-state index contributed by atoms with van der Waals surface area (Å²) >= 11 is 0. The number of benzene rings is 5. The second-order valence-corrected chi connectivity index (χ2v) is 15.9. The molecule has 56 heavy (non-hydrogen) atoms. The van der Waals surface area contributed by atoms with Crippen molar-refractivity contribution in [3.8, 4) is 17.2 Å². The number of aliphatic hydroxyl groups excluding tert-OH is 1. The molecule has 0 fully saturated rings. The van der Waals surface area contributed by atoms with Crippen molar-refractivity contribution in [3.63, 3.8) is 0 Å². The number of carbonyl (C=O) groups excluding carboxylic acids is 2. The summed E-state index contributed by atoms with van der Waals surface area (Å²) in [4.78, 5) is 39.0. The molecule has 10 heteroatoms. The first-order chi connectivity index (χ1) is 26.6. The zero-order valence-electron chi connectivity index (χ0n) is 32.8. The third-order valence-corrected chi connectivity index (χ3v) is 9.13. The monoisotopic (exact) mass is 758 g/mol. The molecule has 0 heterocycles. The summed E-state index contributed by atoms with van der Waals surface area (Å²) in [6, 6.07) is 38.5. The van der Waals surface area contributed by atoms with Crippen molar-refractivity contribution in [3.05, 3.63) is 165 Å². The molecule has 0 aliphatic heterocycles. The molecule has 0 bridgehead atoms. The minimum atomic E-state index is -1.08. The smallest absolute Gasteiger partial charge is 0.316 e. The average Bonchev–Trinajstić information content (AvgIpc) is 3.16. The largest absolute Gasteiger partial charge is 0.482 e. The van der Waals surface area contributed by atoms with Gasteiger partial charge in [-0.15, -0.1) is 0 Å². The Balaban J connectivity index is 1.45. The Hall–Kier alpha value is -5.84. The first-order valence-corrected chi connectivity index (χ1v) is 18.6. The molecule has 0 radical (unpaired) electrons. The quantitative estimate of drug-likeness (QED) is 0.0481. The van der Waals surface area contributed by atoms with Gasteiger partial charge in [-0.2, -0.15) is 0 Å². The van der Waals surface area contributed by atoms with Gasteiger partial charge in [-0.1, -0.05) is 91.0 Å². The van der Waals surface area contributed by atoms with Crippen LogP contribution >= 0.6 is 0 Å². The van der Waals surface area contributed by atoms with Crippen molar-refractivity contribution < 1.29 is 33.8 Å². The van der Waals surface area contributed by atoms with Crippen molar-refractivity contribution in [2.75, 3.05) is 13.1 Å². The van der Waals surface area contributed by atoms with Gasteiger partial charge in [0.15, 0.2) is 5.75 Å². The van der Waals surface area contributed by atoms with Crippen molar-refractivity contribution in [1.82, 2.24) is 4.90 Å².